The van der Waals surface area contributed by atoms with Crippen LogP contribution in [0.4, 0.5) is 0 Å². The van der Waals surface area contributed by atoms with Crippen LogP contribution in [0.15, 0.2) is 16.9 Å². The number of H-pyrrole nitrogens is 2. The predicted molar refractivity (Wildman–Crippen MR) is 49.6 cm³/mol. The maximum atomic E-state index is 10.7. The summed E-state index contributed by atoms with van der Waals surface area (Å²) >= 11 is 0. The van der Waals surface area contributed by atoms with Gasteiger partial charge in [-0.15, -0.1) is 0 Å². The average Bonchev–Trinajstić information content (AvgIpc) is 2.67. The molecule has 0 aliphatic carbocycles. The molecule has 0 saturated carbocycles. The van der Waals surface area contributed by atoms with E-state index in [0.717, 1.165) is 12.2 Å². The first-order chi connectivity index (χ1) is 6.79. The molecule has 0 amide bonds. The minimum absolute atomic E-state index is 0.236. The summed E-state index contributed by atoms with van der Waals surface area (Å²) in [6.07, 6.45) is 0.788. The molecule has 0 spiro atoms. The van der Waals surface area contributed by atoms with E-state index in [1.165, 1.54) is 6.07 Å². The zero-order valence-electron chi connectivity index (χ0n) is 7.61. The van der Waals surface area contributed by atoms with Crippen LogP contribution in [-0.4, -0.2) is 25.4 Å². The topological polar surface area (TPSA) is 87.3 Å². The zero-order chi connectivity index (χ0) is 9.97. The molecule has 0 atom stereocenters. The van der Waals surface area contributed by atoms with Gasteiger partial charge in [-0.3, -0.25) is 9.89 Å². The van der Waals surface area contributed by atoms with Gasteiger partial charge in [-0.2, -0.15) is 10.2 Å². The first-order valence-corrected chi connectivity index (χ1v) is 4.27. The van der Waals surface area contributed by atoms with Crippen molar-refractivity contribution < 1.29 is 0 Å². The molecule has 0 aliphatic rings. The highest BCUT2D eigenvalue weighted by molar-refractivity contribution is 5.46. The molecule has 0 aliphatic heterocycles. The standard InChI is InChI=1S/C8H9N5O/c1-2-6-9-8(13-11-6)5-3-4-7(14)12-10-5/h3-4H,2H2,1H3,(H,12,14)(H,9,11,13). The maximum Gasteiger partial charge on any atom is 0.264 e. The number of aryl methyl sites for hydroxylation is 1. The van der Waals surface area contributed by atoms with Crippen LogP contribution in [0.1, 0.15) is 12.7 Å². The van der Waals surface area contributed by atoms with Gasteiger partial charge < -0.3 is 0 Å². The molecule has 2 aromatic heterocycles. The first kappa shape index (κ1) is 8.61. The van der Waals surface area contributed by atoms with Crippen molar-refractivity contribution in [3.05, 3.63) is 28.3 Å². The molecule has 6 heteroatoms. The fourth-order valence-corrected chi connectivity index (χ4v) is 1.04. The number of aromatic amines is 2. The van der Waals surface area contributed by atoms with Crippen molar-refractivity contribution in [1.29, 1.82) is 0 Å². The van der Waals surface area contributed by atoms with Gasteiger partial charge in [-0.1, -0.05) is 6.92 Å². The summed E-state index contributed by atoms with van der Waals surface area (Å²) in [5, 5.41) is 12.9. The Kier molecular flexibility index (Phi) is 2.10. The third kappa shape index (κ3) is 1.54. The molecule has 0 aromatic carbocycles. The number of rotatable bonds is 2. The van der Waals surface area contributed by atoms with Gasteiger partial charge >= 0.3 is 0 Å². The summed E-state index contributed by atoms with van der Waals surface area (Å²) in [6.45, 7) is 1.98. The number of aromatic nitrogens is 5. The summed E-state index contributed by atoms with van der Waals surface area (Å²) in [7, 11) is 0. The van der Waals surface area contributed by atoms with Crippen molar-refractivity contribution in [3.8, 4) is 11.5 Å². The molecule has 0 fully saturated rings. The van der Waals surface area contributed by atoms with E-state index in [-0.39, 0.29) is 5.56 Å². The van der Waals surface area contributed by atoms with E-state index in [1.807, 2.05) is 6.92 Å². The Balaban J connectivity index is 2.39. The lowest BCUT2D eigenvalue weighted by molar-refractivity contribution is 0.946. The summed E-state index contributed by atoms with van der Waals surface area (Å²) < 4.78 is 0. The Hall–Kier alpha value is -1.98. The fraction of sp³-hybridized carbons (Fsp3) is 0.250. The lowest BCUT2D eigenvalue weighted by Crippen LogP contribution is -2.05. The summed E-state index contributed by atoms with van der Waals surface area (Å²) in [5.74, 6) is 1.30. The normalized spacial score (nSPS) is 10.4. The Labute approximate surface area is 79.4 Å². The van der Waals surface area contributed by atoms with Crippen LogP contribution in [0.3, 0.4) is 0 Å². The van der Waals surface area contributed by atoms with Gasteiger partial charge in [0, 0.05) is 12.5 Å². The third-order valence-corrected chi connectivity index (χ3v) is 1.77. The molecule has 2 aromatic rings. The Bertz CT molecular complexity index is 466. The second kappa shape index (κ2) is 3.41. The molecule has 2 heterocycles. The van der Waals surface area contributed by atoms with Crippen LogP contribution in [0.25, 0.3) is 11.5 Å². The van der Waals surface area contributed by atoms with Crippen molar-refractivity contribution in [2.24, 2.45) is 0 Å². The minimum atomic E-state index is -0.236. The Morgan fingerprint density at radius 2 is 2.14 bits per heavy atom. The highest BCUT2D eigenvalue weighted by Gasteiger charge is 2.05. The third-order valence-electron chi connectivity index (χ3n) is 1.77. The van der Waals surface area contributed by atoms with Crippen molar-refractivity contribution in [2.75, 3.05) is 0 Å². The molecule has 0 radical (unpaired) electrons. The SMILES string of the molecule is CCc1nc(-c2ccc(=O)[nH]n2)n[nH]1. The van der Waals surface area contributed by atoms with Crippen molar-refractivity contribution in [1.82, 2.24) is 25.4 Å². The molecule has 2 N–H and O–H groups in total. The van der Waals surface area contributed by atoms with Crippen LogP contribution < -0.4 is 5.56 Å². The zero-order valence-corrected chi connectivity index (χ0v) is 7.61. The van der Waals surface area contributed by atoms with E-state index >= 15 is 0 Å². The summed E-state index contributed by atoms with van der Waals surface area (Å²) in [6, 6.07) is 2.98. The van der Waals surface area contributed by atoms with Crippen molar-refractivity contribution >= 4 is 0 Å². The van der Waals surface area contributed by atoms with Crippen LogP contribution in [0.2, 0.25) is 0 Å². The Morgan fingerprint density at radius 3 is 2.71 bits per heavy atom. The highest BCUT2D eigenvalue weighted by Crippen LogP contribution is 2.07. The van der Waals surface area contributed by atoms with E-state index < -0.39 is 0 Å². The van der Waals surface area contributed by atoms with Gasteiger partial charge in [-0.05, 0) is 6.07 Å². The fourth-order valence-electron chi connectivity index (χ4n) is 1.04. The van der Waals surface area contributed by atoms with E-state index in [2.05, 4.69) is 25.4 Å². The first-order valence-electron chi connectivity index (χ1n) is 4.27. The number of nitrogens with one attached hydrogen (secondary N) is 2. The van der Waals surface area contributed by atoms with Crippen LogP contribution >= 0.6 is 0 Å². The largest absolute Gasteiger partial charge is 0.268 e. The van der Waals surface area contributed by atoms with Crippen LogP contribution in [0, 0.1) is 0 Å². The van der Waals surface area contributed by atoms with E-state index in [0.29, 0.717) is 11.5 Å². The van der Waals surface area contributed by atoms with Gasteiger partial charge in [0.1, 0.15) is 11.5 Å². The molecule has 0 unspecified atom stereocenters. The predicted octanol–water partition coefficient (Wildman–Crippen LogP) is 0.117. The molecule has 0 saturated heterocycles. The molecular weight excluding hydrogens is 182 g/mol. The van der Waals surface area contributed by atoms with Gasteiger partial charge in [0.25, 0.3) is 5.56 Å². The molecule has 0 bridgehead atoms. The second-order valence-corrected chi connectivity index (χ2v) is 2.77. The van der Waals surface area contributed by atoms with Crippen molar-refractivity contribution in [3.63, 3.8) is 0 Å². The van der Waals surface area contributed by atoms with E-state index in [4.69, 9.17) is 0 Å². The summed E-state index contributed by atoms with van der Waals surface area (Å²) in [4.78, 5) is 14.9. The highest BCUT2D eigenvalue weighted by atomic mass is 16.1. The molecular formula is C8H9N5O. The monoisotopic (exact) mass is 191 g/mol. The molecule has 14 heavy (non-hydrogen) atoms. The number of hydrogen-bond acceptors (Lipinski definition) is 4. The number of hydrogen-bond donors (Lipinski definition) is 2. The Morgan fingerprint density at radius 1 is 1.29 bits per heavy atom. The minimum Gasteiger partial charge on any atom is -0.268 e. The van der Waals surface area contributed by atoms with Gasteiger partial charge in [0.05, 0.1) is 0 Å². The van der Waals surface area contributed by atoms with Crippen LogP contribution in [-0.2, 0) is 6.42 Å². The molecule has 6 nitrogen and oxygen atoms in total. The van der Waals surface area contributed by atoms with Gasteiger partial charge in [0.15, 0.2) is 0 Å². The van der Waals surface area contributed by atoms with Gasteiger partial charge in [-0.25, -0.2) is 10.1 Å². The lowest BCUT2D eigenvalue weighted by Gasteiger charge is -1.90. The maximum absolute atomic E-state index is 10.7. The van der Waals surface area contributed by atoms with Gasteiger partial charge in [0.2, 0.25) is 5.82 Å². The molecule has 2 rings (SSSR count). The van der Waals surface area contributed by atoms with E-state index in [1.54, 1.807) is 6.07 Å². The number of nitrogens with zero attached hydrogens (tertiary/aromatic N) is 3. The second-order valence-electron chi connectivity index (χ2n) is 2.77. The lowest BCUT2D eigenvalue weighted by atomic mass is 10.4. The van der Waals surface area contributed by atoms with E-state index in [9.17, 15) is 4.79 Å². The average molecular weight is 191 g/mol. The molecule has 72 valence electrons. The van der Waals surface area contributed by atoms with Crippen LogP contribution in [0.5, 0.6) is 0 Å². The van der Waals surface area contributed by atoms with Crippen molar-refractivity contribution in [2.45, 2.75) is 13.3 Å². The quantitative estimate of drug-likeness (QED) is 0.705. The summed E-state index contributed by atoms with van der Waals surface area (Å²) in [5.41, 5.74) is 0.320. The smallest absolute Gasteiger partial charge is 0.264 e.